The van der Waals surface area contributed by atoms with E-state index in [9.17, 15) is 10.1 Å². The summed E-state index contributed by atoms with van der Waals surface area (Å²) >= 11 is 3.38. The van der Waals surface area contributed by atoms with Gasteiger partial charge in [-0.15, -0.1) is 0 Å². The third kappa shape index (κ3) is 3.29. The van der Waals surface area contributed by atoms with Crippen LogP contribution >= 0.6 is 15.9 Å². The molecule has 0 saturated carbocycles. The Balaban J connectivity index is 2.14. The molecule has 1 aromatic heterocycles. The Bertz CT molecular complexity index is 617. The molecule has 0 fully saturated rings. The second-order valence-corrected chi connectivity index (χ2v) is 4.91. The smallest absolute Gasteiger partial charge is 0.274 e. The van der Waals surface area contributed by atoms with E-state index < -0.39 is 0 Å². The minimum atomic E-state index is -0.378. The first-order valence-corrected chi connectivity index (χ1v) is 6.45. The Morgan fingerprint density at radius 3 is 2.84 bits per heavy atom. The molecule has 1 aromatic carbocycles. The Hall–Kier alpha value is -1.95. The third-order valence-electron chi connectivity index (χ3n) is 2.70. The molecule has 0 saturated heterocycles. The molecule has 2 rings (SSSR count). The van der Waals surface area contributed by atoms with Gasteiger partial charge in [-0.1, -0.05) is 18.2 Å². The second-order valence-electron chi connectivity index (χ2n) is 4.06. The van der Waals surface area contributed by atoms with Crippen molar-refractivity contribution in [3.05, 3.63) is 62.2 Å². The third-order valence-corrected chi connectivity index (χ3v) is 3.53. The van der Waals surface area contributed by atoms with E-state index in [2.05, 4.69) is 26.2 Å². The highest BCUT2D eigenvalue weighted by molar-refractivity contribution is 9.10. The van der Waals surface area contributed by atoms with Crippen molar-refractivity contribution >= 4 is 27.4 Å². The van der Waals surface area contributed by atoms with Gasteiger partial charge in [0, 0.05) is 28.8 Å². The Kier molecular flexibility index (Phi) is 4.11. The van der Waals surface area contributed by atoms with Crippen molar-refractivity contribution in [3.8, 4) is 0 Å². The molecule has 0 bridgehead atoms. The lowest BCUT2D eigenvalue weighted by atomic mass is 10.2. The SMILES string of the molecule is Cc1cc(NCc2ccccc2[N+](=O)[O-])ncc1Br. The minimum Gasteiger partial charge on any atom is -0.366 e. The van der Waals surface area contributed by atoms with Crippen LogP contribution in [0, 0.1) is 17.0 Å². The quantitative estimate of drug-likeness (QED) is 0.689. The topological polar surface area (TPSA) is 68.1 Å². The van der Waals surface area contributed by atoms with Crippen LogP contribution in [-0.4, -0.2) is 9.91 Å². The van der Waals surface area contributed by atoms with E-state index in [4.69, 9.17) is 0 Å². The second kappa shape index (κ2) is 5.79. The number of pyridine rings is 1. The number of nitrogens with zero attached hydrogens (tertiary/aromatic N) is 2. The maximum absolute atomic E-state index is 10.9. The van der Waals surface area contributed by atoms with Gasteiger partial charge in [0.25, 0.3) is 5.69 Å². The molecule has 98 valence electrons. The number of nitrogens with one attached hydrogen (secondary N) is 1. The first-order chi connectivity index (χ1) is 9.08. The molecule has 0 aliphatic heterocycles. The summed E-state index contributed by atoms with van der Waals surface area (Å²) in [7, 11) is 0. The number of halogens is 1. The van der Waals surface area contributed by atoms with Crippen molar-refractivity contribution in [1.29, 1.82) is 0 Å². The van der Waals surface area contributed by atoms with Crippen molar-refractivity contribution in [1.82, 2.24) is 4.98 Å². The van der Waals surface area contributed by atoms with Crippen LogP contribution in [0.1, 0.15) is 11.1 Å². The number of para-hydroxylation sites is 1. The molecule has 0 aliphatic carbocycles. The van der Waals surface area contributed by atoms with Crippen molar-refractivity contribution in [3.63, 3.8) is 0 Å². The summed E-state index contributed by atoms with van der Waals surface area (Å²) in [6, 6.07) is 8.56. The molecule has 1 heterocycles. The molecule has 0 spiro atoms. The lowest BCUT2D eigenvalue weighted by Crippen LogP contribution is -2.04. The van der Waals surface area contributed by atoms with Gasteiger partial charge in [0.1, 0.15) is 5.82 Å². The van der Waals surface area contributed by atoms with Gasteiger partial charge in [-0.25, -0.2) is 4.98 Å². The highest BCUT2D eigenvalue weighted by Crippen LogP contribution is 2.20. The predicted molar refractivity (Wildman–Crippen MR) is 77.1 cm³/mol. The average molecular weight is 322 g/mol. The fourth-order valence-corrected chi connectivity index (χ4v) is 1.88. The summed E-state index contributed by atoms with van der Waals surface area (Å²) in [5, 5.41) is 14.0. The molecule has 0 amide bonds. The van der Waals surface area contributed by atoms with Gasteiger partial charge in [0.2, 0.25) is 0 Å². The molecule has 19 heavy (non-hydrogen) atoms. The molecule has 5 nitrogen and oxygen atoms in total. The number of benzene rings is 1. The van der Waals surface area contributed by atoms with E-state index >= 15 is 0 Å². The Labute approximate surface area is 119 Å². The summed E-state index contributed by atoms with van der Waals surface area (Å²) in [5.74, 6) is 0.693. The predicted octanol–water partition coefficient (Wildman–Crippen LogP) is 3.67. The Morgan fingerprint density at radius 2 is 2.16 bits per heavy atom. The molecule has 0 aliphatic rings. The number of anilines is 1. The molecule has 1 N–H and O–H groups in total. The lowest BCUT2D eigenvalue weighted by Gasteiger charge is -2.07. The highest BCUT2D eigenvalue weighted by atomic mass is 79.9. The fourth-order valence-electron chi connectivity index (χ4n) is 1.66. The standard InChI is InChI=1S/C13H12BrN3O2/c1-9-6-13(16-8-11(9)14)15-7-10-4-2-3-5-12(10)17(18)19/h2-6,8H,7H2,1H3,(H,15,16). The van der Waals surface area contributed by atoms with Crippen LogP contribution in [0.3, 0.4) is 0 Å². The van der Waals surface area contributed by atoms with Crippen LogP contribution in [0.2, 0.25) is 0 Å². The van der Waals surface area contributed by atoms with Crippen LogP contribution < -0.4 is 5.32 Å². The van der Waals surface area contributed by atoms with E-state index in [1.165, 1.54) is 6.07 Å². The van der Waals surface area contributed by atoms with Crippen LogP contribution in [0.25, 0.3) is 0 Å². The van der Waals surface area contributed by atoms with Gasteiger partial charge in [-0.05, 0) is 34.5 Å². The highest BCUT2D eigenvalue weighted by Gasteiger charge is 2.11. The zero-order valence-electron chi connectivity index (χ0n) is 10.3. The fraction of sp³-hybridized carbons (Fsp3) is 0.154. The first-order valence-electron chi connectivity index (χ1n) is 5.66. The van der Waals surface area contributed by atoms with Crippen molar-refractivity contribution in [2.75, 3.05) is 5.32 Å². The summed E-state index contributed by atoms with van der Waals surface area (Å²) in [5.41, 5.74) is 1.80. The number of nitro groups is 1. The van der Waals surface area contributed by atoms with E-state index in [0.717, 1.165) is 10.0 Å². The summed E-state index contributed by atoms with van der Waals surface area (Å²) < 4.78 is 0.934. The number of aromatic nitrogens is 1. The van der Waals surface area contributed by atoms with Crippen LogP contribution in [0.5, 0.6) is 0 Å². The van der Waals surface area contributed by atoms with E-state index in [1.807, 2.05) is 13.0 Å². The zero-order valence-corrected chi connectivity index (χ0v) is 11.8. The van der Waals surface area contributed by atoms with Gasteiger partial charge in [0.05, 0.1) is 4.92 Å². The van der Waals surface area contributed by atoms with E-state index in [0.29, 0.717) is 17.9 Å². The average Bonchev–Trinajstić information content (AvgIpc) is 2.40. The van der Waals surface area contributed by atoms with Crippen molar-refractivity contribution < 1.29 is 4.92 Å². The van der Waals surface area contributed by atoms with E-state index in [-0.39, 0.29) is 10.6 Å². The monoisotopic (exact) mass is 321 g/mol. The largest absolute Gasteiger partial charge is 0.366 e. The first kappa shape index (κ1) is 13.5. The molecular weight excluding hydrogens is 310 g/mol. The molecule has 0 radical (unpaired) electrons. The van der Waals surface area contributed by atoms with Gasteiger partial charge < -0.3 is 5.32 Å². The van der Waals surface area contributed by atoms with Crippen molar-refractivity contribution in [2.45, 2.75) is 13.5 Å². The molecule has 0 atom stereocenters. The number of hydrogen-bond acceptors (Lipinski definition) is 4. The lowest BCUT2D eigenvalue weighted by molar-refractivity contribution is -0.385. The summed E-state index contributed by atoms with van der Waals surface area (Å²) in [4.78, 5) is 14.7. The molecular formula is C13H12BrN3O2. The van der Waals surface area contributed by atoms with Crippen LogP contribution in [0.15, 0.2) is 41.0 Å². The maximum Gasteiger partial charge on any atom is 0.274 e. The number of nitro benzene ring substituents is 1. The number of hydrogen-bond donors (Lipinski definition) is 1. The van der Waals surface area contributed by atoms with Gasteiger partial charge >= 0.3 is 0 Å². The van der Waals surface area contributed by atoms with Gasteiger partial charge in [0.15, 0.2) is 0 Å². The number of rotatable bonds is 4. The summed E-state index contributed by atoms with van der Waals surface area (Å²) in [6.07, 6.45) is 1.71. The normalized spacial score (nSPS) is 10.2. The summed E-state index contributed by atoms with van der Waals surface area (Å²) in [6.45, 7) is 2.33. The van der Waals surface area contributed by atoms with Crippen LogP contribution in [-0.2, 0) is 6.54 Å². The van der Waals surface area contributed by atoms with Crippen molar-refractivity contribution in [2.24, 2.45) is 0 Å². The number of aryl methyl sites for hydroxylation is 1. The minimum absolute atomic E-state index is 0.115. The molecule has 2 aromatic rings. The van der Waals surface area contributed by atoms with Crippen LogP contribution in [0.4, 0.5) is 11.5 Å². The van der Waals surface area contributed by atoms with Gasteiger partial charge in [-0.3, -0.25) is 10.1 Å². The zero-order chi connectivity index (χ0) is 13.8. The Morgan fingerprint density at radius 1 is 1.42 bits per heavy atom. The maximum atomic E-state index is 10.9. The van der Waals surface area contributed by atoms with E-state index in [1.54, 1.807) is 24.4 Å². The molecule has 6 heteroatoms. The van der Waals surface area contributed by atoms with Gasteiger partial charge in [-0.2, -0.15) is 0 Å². The molecule has 0 unspecified atom stereocenters.